The minimum Gasteiger partial charge on any atom is -0.395 e. The predicted molar refractivity (Wildman–Crippen MR) is 40.1 cm³/mol. The summed E-state index contributed by atoms with van der Waals surface area (Å²) in [6.07, 6.45) is 2.82. The van der Waals surface area contributed by atoms with Gasteiger partial charge in [-0.05, 0) is 0 Å². The molecule has 0 aromatic carbocycles. The Labute approximate surface area is 69.2 Å². The fraction of sp³-hybridized carbons (Fsp3) is 0.500. The second-order valence-electron chi connectivity index (χ2n) is 2.17. The molecule has 0 aliphatic heterocycles. The van der Waals surface area contributed by atoms with Crippen molar-refractivity contribution in [3.63, 3.8) is 0 Å². The molecule has 66 valence electrons. The van der Waals surface area contributed by atoms with E-state index in [0.29, 0.717) is 0 Å². The van der Waals surface area contributed by atoms with Crippen molar-refractivity contribution in [1.82, 2.24) is 20.1 Å². The van der Waals surface area contributed by atoms with Crippen molar-refractivity contribution in [2.45, 2.75) is 6.54 Å². The number of nitrogens with one attached hydrogen (secondary N) is 1. The van der Waals surface area contributed by atoms with Crippen LogP contribution in [-0.4, -0.2) is 38.9 Å². The largest absolute Gasteiger partial charge is 0.395 e. The Kier molecular flexibility index (Phi) is 3.21. The molecule has 2 N–H and O–H groups in total. The number of hydrogen-bond acceptors (Lipinski definition) is 4. The highest BCUT2D eigenvalue weighted by Gasteiger charge is 2.00. The lowest BCUT2D eigenvalue weighted by atomic mass is 10.5. The number of carbonyl (C=O) groups is 1. The van der Waals surface area contributed by atoms with Gasteiger partial charge >= 0.3 is 0 Å². The lowest BCUT2D eigenvalue weighted by Gasteiger charge is -2.01. The predicted octanol–water partition coefficient (Wildman–Crippen LogP) is -1.61. The molecule has 6 heteroatoms. The molecule has 1 rings (SSSR count). The zero-order valence-electron chi connectivity index (χ0n) is 6.47. The molecule has 0 saturated heterocycles. The van der Waals surface area contributed by atoms with E-state index in [2.05, 4.69) is 15.4 Å². The van der Waals surface area contributed by atoms with Gasteiger partial charge in [-0.25, -0.2) is 9.67 Å². The zero-order chi connectivity index (χ0) is 8.81. The van der Waals surface area contributed by atoms with Gasteiger partial charge in [0.1, 0.15) is 19.2 Å². The van der Waals surface area contributed by atoms with E-state index in [-0.39, 0.29) is 25.6 Å². The van der Waals surface area contributed by atoms with Gasteiger partial charge in [-0.15, -0.1) is 0 Å². The number of amides is 1. The molecule has 0 aliphatic rings. The van der Waals surface area contributed by atoms with Gasteiger partial charge < -0.3 is 10.4 Å². The van der Waals surface area contributed by atoms with Gasteiger partial charge in [0.25, 0.3) is 0 Å². The Morgan fingerprint density at radius 2 is 2.50 bits per heavy atom. The number of hydrogen-bond donors (Lipinski definition) is 2. The van der Waals surface area contributed by atoms with Crippen molar-refractivity contribution in [1.29, 1.82) is 0 Å². The summed E-state index contributed by atoms with van der Waals surface area (Å²) in [7, 11) is 0. The van der Waals surface area contributed by atoms with E-state index in [1.165, 1.54) is 17.3 Å². The molecular formula is C6H10N4O2. The van der Waals surface area contributed by atoms with Crippen molar-refractivity contribution >= 4 is 5.91 Å². The second kappa shape index (κ2) is 4.45. The molecule has 1 aromatic heterocycles. The molecule has 0 bridgehead atoms. The number of nitrogens with zero attached hydrogens (tertiary/aromatic N) is 3. The average Bonchev–Trinajstić information content (AvgIpc) is 2.53. The van der Waals surface area contributed by atoms with Crippen molar-refractivity contribution in [3.8, 4) is 0 Å². The van der Waals surface area contributed by atoms with Crippen LogP contribution < -0.4 is 5.32 Å². The third kappa shape index (κ3) is 2.67. The topological polar surface area (TPSA) is 80.0 Å². The molecule has 0 aliphatic carbocycles. The number of rotatable bonds is 4. The van der Waals surface area contributed by atoms with Crippen LogP contribution in [0.25, 0.3) is 0 Å². The molecule has 1 amide bonds. The van der Waals surface area contributed by atoms with Crippen LogP contribution in [0.4, 0.5) is 0 Å². The van der Waals surface area contributed by atoms with Gasteiger partial charge in [-0.2, -0.15) is 5.10 Å². The zero-order valence-corrected chi connectivity index (χ0v) is 6.47. The summed E-state index contributed by atoms with van der Waals surface area (Å²) in [6, 6.07) is 0. The van der Waals surface area contributed by atoms with Crippen LogP contribution in [0.5, 0.6) is 0 Å². The van der Waals surface area contributed by atoms with Crippen LogP contribution >= 0.6 is 0 Å². The highest BCUT2D eigenvalue weighted by Crippen LogP contribution is 1.79. The molecule has 1 aromatic rings. The normalized spacial score (nSPS) is 9.75. The SMILES string of the molecule is O=C(Cn1cncn1)NCCO. The minimum atomic E-state index is -0.186. The van der Waals surface area contributed by atoms with Gasteiger partial charge in [0.05, 0.1) is 6.61 Å². The van der Waals surface area contributed by atoms with E-state index in [1.54, 1.807) is 0 Å². The lowest BCUT2D eigenvalue weighted by molar-refractivity contribution is -0.122. The minimum absolute atomic E-state index is 0.0525. The quantitative estimate of drug-likeness (QED) is 0.569. The Morgan fingerprint density at radius 3 is 3.08 bits per heavy atom. The standard InChI is InChI=1S/C6H10N4O2/c11-2-1-8-6(12)3-10-5-7-4-9-10/h4-5,11H,1-3H2,(H,8,12). The fourth-order valence-corrected chi connectivity index (χ4v) is 0.713. The van der Waals surface area contributed by atoms with Gasteiger partial charge in [0, 0.05) is 6.54 Å². The van der Waals surface area contributed by atoms with Crippen LogP contribution in [0.1, 0.15) is 0 Å². The molecule has 0 radical (unpaired) electrons. The third-order valence-electron chi connectivity index (χ3n) is 1.21. The van der Waals surface area contributed by atoms with Crippen molar-refractivity contribution in [3.05, 3.63) is 12.7 Å². The fourth-order valence-electron chi connectivity index (χ4n) is 0.713. The smallest absolute Gasteiger partial charge is 0.241 e. The van der Waals surface area contributed by atoms with E-state index in [0.717, 1.165) is 0 Å². The molecule has 0 unspecified atom stereocenters. The summed E-state index contributed by atoms with van der Waals surface area (Å²) in [5, 5.41) is 14.6. The molecule has 0 spiro atoms. The maximum absolute atomic E-state index is 11.0. The van der Waals surface area contributed by atoms with Gasteiger partial charge in [0.2, 0.25) is 5.91 Å². The summed E-state index contributed by atoms with van der Waals surface area (Å²) < 4.78 is 1.41. The molecule has 0 fully saturated rings. The first kappa shape index (κ1) is 8.66. The number of aliphatic hydroxyl groups is 1. The highest BCUT2D eigenvalue weighted by atomic mass is 16.3. The monoisotopic (exact) mass is 170 g/mol. The summed E-state index contributed by atoms with van der Waals surface area (Å²) in [4.78, 5) is 14.6. The lowest BCUT2D eigenvalue weighted by Crippen LogP contribution is -2.30. The molecular weight excluding hydrogens is 160 g/mol. The van der Waals surface area contributed by atoms with Crippen molar-refractivity contribution in [2.24, 2.45) is 0 Å². The van der Waals surface area contributed by atoms with Gasteiger partial charge in [-0.1, -0.05) is 0 Å². The first-order chi connectivity index (χ1) is 5.83. The highest BCUT2D eigenvalue weighted by molar-refractivity contribution is 5.75. The van der Waals surface area contributed by atoms with Crippen molar-refractivity contribution < 1.29 is 9.90 Å². The van der Waals surface area contributed by atoms with Crippen LogP contribution in [0.3, 0.4) is 0 Å². The van der Waals surface area contributed by atoms with Crippen LogP contribution in [0, 0.1) is 0 Å². The average molecular weight is 170 g/mol. The van der Waals surface area contributed by atoms with Crippen LogP contribution in [0.15, 0.2) is 12.7 Å². The van der Waals surface area contributed by atoms with Gasteiger partial charge in [0.15, 0.2) is 0 Å². The van der Waals surface area contributed by atoms with E-state index in [1.807, 2.05) is 0 Å². The van der Waals surface area contributed by atoms with E-state index in [9.17, 15) is 4.79 Å². The van der Waals surface area contributed by atoms with Crippen LogP contribution in [0.2, 0.25) is 0 Å². The summed E-state index contributed by atoms with van der Waals surface area (Å²) in [6.45, 7) is 0.358. The van der Waals surface area contributed by atoms with Gasteiger partial charge in [-0.3, -0.25) is 4.79 Å². The molecule has 12 heavy (non-hydrogen) atoms. The van der Waals surface area contributed by atoms with E-state index in [4.69, 9.17) is 5.11 Å². The Hall–Kier alpha value is -1.43. The van der Waals surface area contributed by atoms with Crippen LogP contribution in [-0.2, 0) is 11.3 Å². The Morgan fingerprint density at radius 1 is 1.67 bits per heavy atom. The summed E-state index contributed by atoms with van der Waals surface area (Å²) in [5.74, 6) is -0.186. The first-order valence-corrected chi connectivity index (χ1v) is 3.53. The summed E-state index contributed by atoms with van der Waals surface area (Å²) in [5.41, 5.74) is 0. The third-order valence-corrected chi connectivity index (χ3v) is 1.21. The summed E-state index contributed by atoms with van der Waals surface area (Å²) >= 11 is 0. The molecule has 0 saturated carbocycles. The number of aliphatic hydroxyl groups excluding tert-OH is 1. The van der Waals surface area contributed by atoms with E-state index >= 15 is 0 Å². The molecule has 1 heterocycles. The first-order valence-electron chi connectivity index (χ1n) is 3.53. The Balaban J connectivity index is 2.27. The maximum atomic E-state index is 11.0. The number of carbonyl (C=O) groups excluding carboxylic acids is 1. The van der Waals surface area contributed by atoms with E-state index < -0.39 is 0 Å². The van der Waals surface area contributed by atoms with Crippen molar-refractivity contribution in [2.75, 3.05) is 13.2 Å². The molecule has 6 nitrogen and oxygen atoms in total. The maximum Gasteiger partial charge on any atom is 0.241 e. The Bertz CT molecular complexity index is 234. The second-order valence-corrected chi connectivity index (χ2v) is 2.17. The number of aromatic nitrogens is 3. The molecule has 0 atom stereocenters.